The van der Waals surface area contributed by atoms with Gasteiger partial charge in [0, 0.05) is 18.0 Å². The number of nitrogens with zero attached hydrogens (tertiary/aromatic N) is 2. The van der Waals surface area contributed by atoms with Crippen molar-refractivity contribution in [2.75, 3.05) is 10.7 Å². The van der Waals surface area contributed by atoms with Crippen molar-refractivity contribution in [2.45, 2.75) is 46.1 Å². The van der Waals surface area contributed by atoms with Crippen LogP contribution >= 0.6 is 0 Å². The van der Waals surface area contributed by atoms with Gasteiger partial charge in [-0.2, -0.15) is 0 Å². The van der Waals surface area contributed by atoms with Crippen molar-refractivity contribution in [3.8, 4) is 0 Å². The quantitative estimate of drug-likeness (QED) is 0.536. The summed E-state index contributed by atoms with van der Waals surface area (Å²) in [6.07, 6.45) is 3.28. The Balaban J connectivity index is 2.20. The molecule has 1 aromatic rings. The Morgan fingerprint density at radius 3 is 2.53 bits per heavy atom. The smallest absolute Gasteiger partial charge is 0.148 e. The minimum absolute atomic E-state index is 0.573. The zero-order valence-electron chi connectivity index (χ0n) is 10.7. The molecule has 0 aliphatic heterocycles. The van der Waals surface area contributed by atoms with Crippen LogP contribution in [0.2, 0.25) is 0 Å². The molecule has 0 aromatic carbocycles. The standard InChI is InChI=1S/C12H21N5/c1-4-8-6-9(8)14-11-7(3)12(17-13)16-10(5-2)15-11/h8-9H,4-6,13H2,1-3H3,(H2,14,15,16,17). The highest BCUT2D eigenvalue weighted by Gasteiger charge is 2.35. The van der Waals surface area contributed by atoms with Gasteiger partial charge in [0.05, 0.1) is 0 Å². The lowest BCUT2D eigenvalue weighted by Gasteiger charge is -2.13. The normalized spacial score (nSPS) is 22.4. The summed E-state index contributed by atoms with van der Waals surface area (Å²) in [5.74, 6) is 8.73. The molecule has 94 valence electrons. The summed E-state index contributed by atoms with van der Waals surface area (Å²) in [6, 6.07) is 0.573. The number of nitrogens with one attached hydrogen (secondary N) is 2. The molecular formula is C12H21N5. The average molecular weight is 235 g/mol. The maximum Gasteiger partial charge on any atom is 0.148 e. The van der Waals surface area contributed by atoms with Crippen molar-refractivity contribution in [1.29, 1.82) is 0 Å². The third kappa shape index (κ3) is 2.49. The molecule has 2 unspecified atom stereocenters. The summed E-state index contributed by atoms with van der Waals surface area (Å²) in [4.78, 5) is 8.88. The highest BCUT2D eigenvalue weighted by molar-refractivity contribution is 5.57. The second kappa shape index (κ2) is 4.87. The number of nitrogen functional groups attached to an aromatic ring is 1. The molecule has 17 heavy (non-hydrogen) atoms. The largest absolute Gasteiger partial charge is 0.367 e. The number of anilines is 2. The Labute approximate surface area is 102 Å². The topological polar surface area (TPSA) is 75.9 Å². The van der Waals surface area contributed by atoms with Gasteiger partial charge in [0.1, 0.15) is 17.5 Å². The second-order valence-electron chi connectivity index (χ2n) is 4.61. The first kappa shape index (κ1) is 12.1. The van der Waals surface area contributed by atoms with Gasteiger partial charge in [0.15, 0.2) is 0 Å². The van der Waals surface area contributed by atoms with E-state index in [1.807, 2.05) is 13.8 Å². The van der Waals surface area contributed by atoms with Crippen molar-refractivity contribution >= 4 is 11.6 Å². The molecule has 5 heteroatoms. The van der Waals surface area contributed by atoms with E-state index in [0.717, 1.165) is 29.5 Å². The zero-order valence-corrected chi connectivity index (χ0v) is 10.7. The molecule has 2 atom stereocenters. The van der Waals surface area contributed by atoms with Crippen LogP contribution in [0.3, 0.4) is 0 Å². The van der Waals surface area contributed by atoms with Crippen molar-refractivity contribution in [1.82, 2.24) is 9.97 Å². The summed E-state index contributed by atoms with van der Waals surface area (Å²) >= 11 is 0. The summed E-state index contributed by atoms with van der Waals surface area (Å²) in [7, 11) is 0. The van der Waals surface area contributed by atoms with Gasteiger partial charge in [-0.05, 0) is 19.3 Å². The van der Waals surface area contributed by atoms with Crippen LogP contribution < -0.4 is 16.6 Å². The summed E-state index contributed by atoms with van der Waals surface area (Å²) < 4.78 is 0. The van der Waals surface area contributed by atoms with Gasteiger partial charge in [0.2, 0.25) is 0 Å². The Bertz CT molecular complexity index is 404. The van der Waals surface area contributed by atoms with Gasteiger partial charge in [-0.3, -0.25) is 0 Å². The Morgan fingerprint density at radius 1 is 1.29 bits per heavy atom. The molecule has 1 fully saturated rings. The number of aromatic nitrogens is 2. The van der Waals surface area contributed by atoms with Gasteiger partial charge in [0.25, 0.3) is 0 Å². The predicted octanol–water partition coefficient (Wildman–Crippen LogP) is 1.84. The van der Waals surface area contributed by atoms with Crippen LogP contribution in [0.4, 0.5) is 11.6 Å². The van der Waals surface area contributed by atoms with Crippen LogP contribution in [0, 0.1) is 12.8 Å². The average Bonchev–Trinajstić information content (AvgIpc) is 3.10. The second-order valence-corrected chi connectivity index (χ2v) is 4.61. The zero-order chi connectivity index (χ0) is 12.4. The highest BCUT2D eigenvalue weighted by Crippen LogP contribution is 2.36. The van der Waals surface area contributed by atoms with Crippen LogP contribution in [-0.2, 0) is 6.42 Å². The van der Waals surface area contributed by atoms with Gasteiger partial charge < -0.3 is 10.7 Å². The first-order valence-electron chi connectivity index (χ1n) is 6.30. The number of hydrazine groups is 1. The highest BCUT2D eigenvalue weighted by atomic mass is 15.3. The first-order chi connectivity index (χ1) is 8.19. The number of nitrogens with two attached hydrogens (primary N) is 1. The summed E-state index contributed by atoms with van der Waals surface area (Å²) in [5, 5.41) is 3.49. The fourth-order valence-corrected chi connectivity index (χ4v) is 2.05. The molecule has 1 heterocycles. The minimum Gasteiger partial charge on any atom is -0.367 e. The van der Waals surface area contributed by atoms with E-state index < -0.39 is 0 Å². The number of hydrogen-bond donors (Lipinski definition) is 3. The summed E-state index contributed by atoms with van der Waals surface area (Å²) in [5.41, 5.74) is 3.63. The molecule has 4 N–H and O–H groups in total. The van der Waals surface area contributed by atoms with E-state index in [1.165, 1.54) is 12.8 Å². The van der Waals surface area contributed by atoms with Crippen molar-refractivity contribution < 1.29 is 0 Å². The minimum atomic E-state index is 0.573. The lowest BCUT2D eigenvalue weighted by molar-refractivity contribution is 0.771. The monoisotopic (exact) mass is 235 g/mol. The van der Waals surface area contributed by atoms with Gasteiger partial charge in [-0.15, -0.1) is 0 Å². The fraction of sp³-hybridized carbons (Fsp3) is 0.667. The lowest BCUT2D eigenvalue weighted by Crippen LogP contribution is -2.16. The molecule has 2 rings (SSSR count). The number of aryl methyl sites for hydroxylation is 1. The fourth-order valence-electron chi connectivity index (χ4n) is 2.05. The van der Waals surface area contributed by atoms with E-state index >= 15 is 0 Å². The van der Waals surface area contributed by atoms with Crippen LogP contribution in [-0.4, -0.2) is 16.0 Å². The first-order valence-corrected chi connectivity index (χ1v) is 6.30. The molecule has 0 amide bonds. The molecule has 0 radical (unpaired) electrons. The van der Waals surface area contributed by atoms with Crippen LogP contribution in [0.25, 0.3) is 0 Å². The Kier molecular flexibility index (Phi) is 3.47. The van der Waals surface area contributed by atoms with E-state index in [0.29, 0.717) is 11.9 Å². The van der Waals surface area contributed by atoms with Gasteiger partial charge in [-0.1, -0.05) is 20.3 Å². The number of hydrogen-bond acceptors (Lipinski definition) is 5. The van der Waals surface area contributed by atoms with Crippen LogP contribution in [0.5, 0.6) is 0 Å². The molecule has 5 nitrogen and oxygen atoms in total. The molecule has 0 bridgehead atoms. The SMILES string of the molecule is CCc1nc(NN)c(C)c(NC2CC2CC)n1. The molecule has 1 saturated carbocycles. The van der Waals surface area contributed by atoms with E-state index in [9.17, 15) is 0 Å². The molecule has 1 aliphatic rings. The van der Waals surface area contributed by atoms with E-state index in [-0.39, 0.29) is 0 Å². The molecular weight excluding hydrogens is 214 g/mol. The predicted molar refractivity (Wildman–Crippen MR) is 69.8 cm³/mol. The van der Waals surface area contributed by atoms with Gasteiger partial charge in [-0.25, -0.2) is 15.8 Å². The van der Waals surface area contributed by atoms with E-state index in [2.05, 4.69) is 27.6 Å². The van der Waals surface area contributed by atoms with Crippen molar-refractivity contribution in [2.24, 2.45) is 11.8 Å². The van der Waals surface area contributed by atoms with Gasteiger partial charge >= 0.3 is 0 Å². The third-order valence-electron chi connectivity index (χ3n) is 3.41. The van der Waals surface area contributed by atoms with E-state index in [1.54, 1.807) is 0 Å². The maximum atomic E-state index is 5.47. The van der Waals surface area contributed by atoms with E-state index in [4.69, 9.17) is 5.84 Å². The molecule has 1 aromatic heterocycles. The van der Waals surface area contributed by atoms with Crippen molar-refractivity contribution in [3.63, 3.8) is 0 Å². The summed E-state index contributed by atoms with van der Waals surface area (Å²) in [6.45, 7) is 6.25. The molecule has 0 saturated heterocycles. The third-order valence-corrected chi connectivity index (χ3v) is 3.41. The van der Waals surface area contributed by atoms with Crippen molar-refractivity contribution in [3.05, 3.63) is 11.4 Å². The maximum absolute atomic E-state index is 5.47. The lowest BCUT2D eigenvalue weighted by atomic mass is 10.2. The number of rotatable bonds is 5. The Morgan fingerprint density at radius 2 is 2.00 bits per heavy atom. The molecule has 1 aliphatic carbocycles. The van der Waals surface area contributed by atoms with Crippen LogP contribution in [0.1, 0.15) is 38.1 Å². The van der Waals surface area contributed by atoms with Crippen LogP contribution in [0.15, 0.2) is 0 Å². The Hall–Kier alpha value is -1.36. The molecule has 0 spiro atoms.